The van der Waals surface area contributed by atoms with E-state index >= 15 is 0 Å². The molecule has 1 aromatic rings. The van der Waals surface area contributed by atoms with E-state index in [1.165, 1.54) is 11.1 Å². The topological polar surface area (TPSA) is 58.2 Å². The number of rotatable bonds is 7. The maximum Gasteiger partial charge on any atom is 0.227 e. The summed E-state index contributed by atoms with van der Waals surface area (Å²) in [5.74, 6) is -0.106. The summed E-state index contributed by atoms with van der Waals surface area (Å²) in [7, 11) is 0. The van der Waals surface area contributed by atoms with Gasteiger partial charge in [-0.3, -0.25) is 9.59 Å². The Kier molecular flexibility index (Phi) is 6.62. The van der Waals surface area contributed by atoms with Gasteiger partial charge in [0.05, 0.1) is 6.42 Å². The molecule has 2 rings (SSSR count). The van der Waals surface area contributed by atoms with Gasteiger partial charge in [-0.05, 0) is 65.9 Å². The van der Waals surface area contributed by atoms with E-state index in [0.29, 0.717) is 6.42 Å². The molecule has 1 heterocycles. The number of ketones is 1. The van der Waals surface area contributed by atoms with Gasteiger partial charge in [-0.15, -0.1) is 0 Å². The highest BCUT2D eigenvalue weighted by Gasteiger charge is 2.38. The number of Topliss-reactive ketones (excluding diaryl/α,β-unsaturated/α-hetero) is 1. The number of amides is 1. The van der Waals surface area contributed by atoms with Crippen molar-refractivity contribution in [3.8, 4) is 0 Å². The highest BCUT2D eigenvalue weighted by atomic mass is 16.2. The van der Waals surface area contributed by atoms with Gasteiger partial charge >= 0.3 is 0 Å². The third-order valence-corrected chi connectivity index (χ3v) is 4.95. The number of aryl methyl sites for hydroxylation is 2. The molecule has 1 aromatic carbocycles. The van der Waals surface area contributed by atoms with Crippen LogP contribution in [0, 0.1) is 6.92 Å². The molecule has 1 amide bonds. The van der Waals surface area contributed by atoms with Crippen LogP contribution in [0.3, 0.4) is 0 Å². The average Bonchev–Trinajstić information content (AvgIpc) is 2.45. The summed E-state index contributed by atoms with van der Waals surface area (Å²) in [6.45, 7) is 10.7. The molecule has 1 fully saturated rings. The minimum absolute atomic E-state index is 0.00131. The van der Waals surface area contributed by atoms with Crippen LogP contribution < -0.4 is 10.6 Å². The van der Waals surface area contributed by atoms with Crippen LogP contribution in [0.4, 0.5) is 0 Å². The summed E-state index contributed by atoms with van der Waals surface area (Å²) in [6, 6.07) is 8.51. The van der Waals surface area contributed by atoms with Crippen LogP contribution in [-0.2, 0) is 16.0 Å². The number of hydrogen-bond acceptors (Lipinski definition) is 3. The lowest BCUT2D eigenvalue weighted by Crippen LogP contribution is -2.62. The molecule has 0 aromatic heterocycles. The van der Waals surface area contributed by atoms with Crippen molar-refractivity contribution in [1.29, 1.82) is 0 Å². The molecule has 0 aliphatic carbocycles. The van der Waals surface area contributed by atoms with Crippen LogP contribution in [0.15, 0.2) is 24.3 Å². The Morgan fingerprint density at radius 2 is 1.65 bits per heavy atom. The van der Waals surface area contributed by atoms with Gasteiger partial charge in [-0.1, -0.05) is 29.8 Å². The van der Waals surface area contributed by atoms with Gasteiger partial charge in [0.1, 0.15) is 5.78 Å². The largest absolute Gasteiger partial charge is 0.353 e. The van der Waals surface area contributed by atoms with E-state index in [9.17, 15) is 9.59 Å². The van der Waals surface area contributed by atoms with Crippen LogP contribution in [0.5, 0.6) is 0 Å². The van der Waals surface area contributed by atoms with Gasteiger partial charge in [0.15, 0.2) is 0 Å². The zero-order valence-corrected chi connectivity index (χ0v) is 16.9. The third kappa shape index (κ3) is 6.91. The molecule has 0 atom stereocenters. The van der Waals surface area contributed by atoms with E-state index in [1.807, 2.05) is 0 Å². The highest BCUT2D eigenvalue weighted by Crippen LogP contribution is 2.28. The van der Waals surface area contributed by atoms with E-state index < -0.39 is 0 Å². The molecule has 0 unspecified atom stereocenters. The molecule has 2 N–H and O–H groups in total. The molecule has 0 saturated carbocycles. The van der Waals surface area contributed by atoms with Gasteiger partial charge in [0, 0.05) is 23.5 Å². The quantitative estimate of drug-likeness (QED) is 0.731. The molecule has 0 radical (unpaired) electrons. The Hall–Kier alpha value is -1.68. The first kappa shape index (κ1) is 20.6. The van der Waals surface area contributed by atoms with Gasteiger partial charge < -0.3 is 10.6 Å². The smallest absolute Gasteiger partial charge is 0.227 e. The van der Waals surface area contributed by atoms with Crippen molar-refractivity contribution in [3.05, 3.63) is 35.4 Å². The lowest BCUT2D eigenvalue weighted by molar-refractivity contribution is -0.128. The summed E-state index contributed by atoms with van der Waals surface area (Å²) < 4.78 is 0. The Morgan fingerprint density at radius 3 is 2.23 bits per heavy atom. The minimum atomic E-state index is -0.135. The molecule has 1 aliphatic heterocycles. The van der Waals surface area contributed by atoms with Crippen molar-refractivity contribution in [2.24, 2.45) is 0 Å². The summed E-state index contributed by atoms with van der Waals surface area (Å²) in [6.07, 6.45) is 3.89. The van der Waals surface area contributed by atoms with E-state index in [1.54, 1.807) is 0 Å². The number of hydrogen-bond donors (Lipinski definition) is 2. The van der Waals surface area contributed by atoms with Gasteiger partial charge in [0.2, 0.25) is 5.91 Å². The lowest BCUT2D eigenvalue weighted by atomic mass is 9.79. The SMILES string of the molecule is Cc1ccc(CCCC(=O)CC(=O)NC2CC(C)(C)NC(C)(C)C2)cc1. The van der Waals surface area contributed by atoms with Gasteiger partial charge in [-0.25, -0.2) is 0 Å². The summed E-state index contributed by atoms with van der Waals surface area (Å²) >= 11 is 0. The van der Waals surface area contributed by atoms with Crippen molar-refractivity contribution in [3.63, 3.8) is 0 Å². The predicted molar refractivity (Wildman–Crippen MR) is 106 cm³/mol. The maximum absolute atomic E-state index is 12.3. The van der Waals surface area contributed by atoms with Crippen LogP contribution in [0.2, 0.25) is 0 Å². The first-order chi connectivity index (χ1) is 12.0. The highest BCUT2D eigenvalue weighted by molar-refractivity contribution is 5.98. The van der Waals surface area contributed by atoms with Crippen molar-refractivity contribution >= 4 is 11.7 Å². The minimum Gasteiger partial charge on any atom is -0.353 e. The van der Waals surface area contributed by atoms with Crippen LogP contribution >= 0.6 is 0 Å². The Balaban J connectivity index is 1.73. The standard InChI is InChI=1S/C22H34N2O2/c1-16-9-11-17(12-10-16)7-6-8-19(25)13-20(26)23-18-14-21(2,3)24-22(4,5)15-18/h9-12,18,24H,6-8,13-15H2,1-5H3,(H,23,26). The fraction of sp³-hybridized carbons (Fsp3) is 0.636. The maximum atomic E-state index is 12.3. The summed E-state index contributed by atoms with van der Waals surface area (Å²) in [5, 5.41) is 6.68. The molecule has 4 heteroatoms. The van der Waals surface area contributed by atoms with Gasteiger partial charge in [0.25, 0.3) is 0 Å². The Morgan fingerprint density at radius 1 is 1.08 bits per heavy atom. The second-order valence-electron chi connectivity index (χ2n) is 9.12. The van der Waals surface area contributed by atoms with Crippen molar-refractivity contribution in [2.45, 2.75) is 90.3 Å². The zero-order valence-electron chi connectivity index (χ0n) is 16.9. The van der Waals surface area contributed by atoms with Gasteiger partial charge in [-0.2, -0.15) is 0 Å². The fourth-order valence-electron chi connectivity index (χ4n) is 4.21. The second kappa shape index (κ2) is 8.34. The predicted octanol–water partition coefficient (Wildman–Crippen LogP) is 3.70. The zero-order chi connectivity index (χ0) is 19.4. The number of carbonyl (C=O) groups excluding carboxylic acids is 2. The number of nitrogens with one attached hydrogen (secondary N) is 2. The molecule has 144 valence electrons. The van der Waals surface area contributed by atoms with Crippen LogP contribution in [0.1, 0.15) is 70.9 Å². The van der Waals surface area contributed by atoms with Crippen molar-refractivity contribution in [2.75, 3.05) is 0 Å². The number of benzene rings is 1. The van der Waals surface area contributed by atoms with E-state index in [-0.39, 0.29) is 35.2 Å². The normalized spacial score (nSPS) is 19.1. The van der Waals surface area contributed by atoms with E-state index in [2.05, 4.69) is 69.5 Å². The summed E-state index contributed by atoms with van der Waals surface area (Å²) in [5.41, 5.74) is 2.45. The lowest BCUT2D eigenvalue weighted by Gasteiger charge is -2.46. The Bertz CT molecular complexity index is 616. The second-order valence-corrected chi connectivity index (χ2v) is 9.12. The van der Waals surface area contributed by atoms with Crippen LogP contribution in [-0.4, -0.2) is 28.8 Å². The molecule has 4 nitrogen and oxygen atoms in total. The molecule has 26 heavy (non-hydrogen) atoms. The van der Waals surface area contributed by atoms with Crippen LogP contribution in [0.25, 0.3) is 0 Å². The molecular formula is C22H34N2O2. The van der Waals surface area contributed by atoms with Crippen molar-refractivity contribution in [1.82, 2.24) is 10.6 Å². The van der Waals surface area contributed by atoms with Crippen molar-refractivity contribution < 1.29 is 9.59 Å². The fourth-order valence-corrected chi connectivity index (χ4v) is 4.21. The first-order valence-electron chi connectivity index (χ1n) is 9.71. The molecule has 0 bridgehead atoms. The number of piperidine rings is 1. The molecule has 0 spiro atoms. The monoisotopic (exact) mass is 358 g/mol. The average molecular weight is 359 g/mol. The summed E-state index contributed by atoms with van der Waals surface area (Å²) in [4.78, 5) is 24.4. The van der Waals surface area contributed by atoms with E-state index in [0.717, 1.165) is 25.7 Å². The number of carbonyl (C=O) groups is 2. The Labute approximate surface area is 158 Å². The molecule has 1 aliphatic rings. The third-order valence-electron chi connectivity index (χ3n) is 4.95. The first-order valence-corrected chi connectivity index (χ1v) is 9.71. The van der Waals surface area contributed by atoms with E-state index in [4.69, 9.17) is 0 Å². The molecule has 1 saturated heterocycles. The molecular weight excluding hydrogens is 324 g/mol.